The summed E-state index contributed by atoms with van der Waals surface area (Å²) >= 11 is 5.03. The minimum atomic E-state index is -0.158. The van der Waals surface area contributed by atoms with Gasteiger partial charge in [-0.2, -0.15) is 5.26 Å². The molecule has 1 heterocycles. The van der Waals surface area contributed by atoms with Crippen LogP contribution in [0.4, 0.5) is 0 Å². The van der Waals surface area contributed by atoms with Gasteiger partial charge in [-0.25, -0.2) is 0 Å². The first kappa shape index (κ1) is 13.1. The molecule has 0 spiro atoms. The van der Waals surface area contributed by atoms with Crippen LogP contribution in [0.15, 0.2) is 40.2 Å². The number of hydrogen-bond acceptors (Lipinski definition) is 4. The van der Waals surface area contributed by atoms with Gasteiger partial charge in [-0.05, 0) is 52.3 Å². The number of halogens is 1. The maximum absolute atomic E-state index is 8.72. The van der Waals surface area contributed by atoms with Crippen molar-refractivity contribution in [2.75, 3.05) is 6.54 Å². The van der Waals surface area contributed by atoms with Gasteiger partial charge >= 0.3 is 0 Å². The summed E-state index contributed by atoms with van der Waals surface area (Å²) < 4.78 is 6.87. The lowest BCUT2D eigenvalue weighted by atomic mass is 10.2. The summed E-state index contributed by atoms with van der Waals surface area (Å²) in [5.74, 6) is 0.717. The first-order chi connectivity index (χ1) is 8.72. The zero-order valence-corrected chi connectivity index (χ0v) is 11.9. The number of nitriles is 1. The lowest BCUT2D eigenvalue weighted by Gasteiger charge is -2.15. The molecule has 0 aliphatic rings. The molecule has 0 aliphatic heterocycles. The third-order valence-corrected chi connectivity index (χ3v) is 4.10. The molecule has 0 radical (unpaired) electrons. The maximum atomic E-state index is 8.72. The second-order valence-electron chi connectivity index (χ2n) is 3.62. The van der Waals surface area contributed by atoms with E-state index in [-0.39, 0.29) is 6.10 Å². The highest BCUT2D eigenvalue weighted by Crippen LogP contribution is 2.30. The van der Waals surface area contributed by atoms with Gasteiger partial charge in [0, 0.05) is 11.4 Å². The van der Waals surface area contributed by atoms with Gasteiger partial charge in [0.05, 0.1) is 15.4 Å². The van der Waals surface area contributed by atoms with Gasteiger partial charge in [0.1, 0.15) is 11.9 Å². The second-order valence-corrected chi connectivity index (χ2v) is 6.11. The minimum Gasteiger partial charge on any atom is -0.484 e. The van der Waals surface area contributed by atoms with Crippen molar-refractivity contribution in [3.8, 4) is 11.8 Å². The molecule has 0 amide bonds. The second kappa shape index (κ2) is 6.01. The molecule has 0 fully saturated rings. The number of hydrogen-bond donors (Lipinski definition) is 1. The molecule has 0 saturated carbocycles. The Bertz CT molecular complexity index is 559. The lowest BCUT2D eigenvalue weighted by Crippen LogP contribution is -2.17. The maximum Gasteiger partial charge on any atom is 0.145 e. The van der Waals surface area contributed by atoms with Crippen molar-refractivity contribution in [2.24, 2.45) is 5.73 Å². The van der Waals surface area contributed by atoms with Gasteiger partial charge in [-0.3, -0.25) is 0 Å². The van der Waals surface area contributed by atoms with E-state index < -0.39 is 0 Å². The van der Waals surface area contributed by atoms with Crippen LogP contribution in [0.3, 0.4) is 0 Å². The molecule has 1 aromatic heterocycles. The fourth-order valence-corrected chi connectivity index (χ4v) is 2.96. The first-order valence-corrected chi connectivity index (χ1v) is 6.96. The Kier molecular flexibility index (Phi) is 4.37. The summed E-state index contributed by atoms with van der Waals surface area (Å²) in [7, 11) is 0. The van der Waals surface area contributed by atoms with Crippen LogP contribution in [0.25, 0.3) is 0 Å². The van der Waals surface area contributed by atoms with Gasteiger partial charge in [0.15, 0.2) is 0 Å². The van der Waals surface area contributed by atoms with E-state index in [9.17, 15) is 0 Å². The molecule has 1 unspecified atom stereocenters. The fourth-order valence-electron chi connectivity index (χ4n) is 1.50. The van der Waals surface area contributed by atoms with Crippen LogP contribution < -0.4 is 10.5 Å². The van der Waals surface area contributed by atoms with Crippen LogP contribution >= 0.6 is 27.3 Å². The third kappa shape index (κ3) is 3.10. The number of nitrogens with two attached hydrogens (primary N) is 1. The molecule has 1 atom stereocenters. The van der Waals surface area contributed by atoms with Gasteiger partial charge in [0.2, 0.25) is 0 Å². The van der Waals surface area contributed by atoms with E-state index in [0.717, 1.165) is 8.66 Å². The van der Waals surface area contributed by atoms with E-state index in [2.05, 4.69) is 22.0 Å². The average molecular weight is 323 g/mol. The highest BCUT2D eigenvalue weighted by Gasteiger charge is 2.13. The largest absolute Gasteiger partial charge is 0.484 e. The Morgan fingerprint density at radius 3 is 2.50 bits per heavy atom. The summed E-state index contributed by atoms with van der Waals surface area (Å²) in [5.41, 5.74) is 6.35. The van der Waals surface area contributed by atoms with Crippen LogP contribution in [0.5, 0.6) is 5.75 Å². The molecule has 92 valence electrons. The summed E-state index contributed by atoms with van der Waals surface area (Å²) in [5, 5.41) is 8.72. The van der Waals surface area contributed by atoms with Crippen molar-refractivity contribution >= 4 is 27.3 Å². The van der Waals surface area contributed by atoms with Gasteiger partial charge < -0.3 is 10.5 Å². The van der Waals surface area contributed by atoms with Crippen molar-refractivity contribution < 1.29 is 4.74 Å². The molecule has 2 N–H and O–H groups in total. The molecule has 0 bridgehead atoms. The van der Waals surface area contributed by atoms with Crippen LogP contribution in [0, 0.1) is 11.3 Å². The summed E-state index contributed by atoms with van der Waals surface area (Å²) in [4.78, 5) is 1.08. The van der Waals surface area contributed by atoms with E-state index in [1.165, 1.54) is 0 Å². The van der Waals surface area contributed by atoms with Gasteiger partial charge in [0.25, 0.3) is 0 Å². The Labute approximate surface area is 118 Å². The molecular formula is C13H11BrN2OS. The normalized spacial score (nSPS) is 11.8. The van der Waals surface area contributed by atoms with Crippen molar-refractivity contribution in [3.05, 3.63) is 50.6 Å². The summed E-state index contributed by atoms with van der Waals surface area (Å²) in [6, 6.07) is 13.1. The van der Waals surface area contributed by atoms with Gasteiger partial charge in [-0.15, -0.1) is 11.3 Å². The van der Waals surface area contributed by atoms with E-state index in [1.807, 2.05) is 12.1 Å². The minimum absolute atomic E-state index is 0.158. The molecule has 0 saturated heterocycles. The molecule has 0 aliphatic carbocycles. The molecule has 5 heteroatoms. The van der Waals surface area contributed by atoms with Gasteiger partial charge in [-0.1, -0.05) is 0 Å². The lowest BCUT2D eigenvalue weighted by molar-refractivity contribution is 0.218. The van der Waals surface area contributed by atoms with Crippen LogP contribution in [0.2, 0.25) is 0 Å². The molecular weight excluding hydrogens is 312 g/mol. The highest BCUT2D eigenvalue weighted by molar-refractivity contribution is 9.11. The quantitative estimate of drug-likeness (QED) is 0.937. The number of benzene rings is 1. The zero-order chi connectivity index (χ0) is 13.0. The molecule has 18 heavy (non-hydrogen) atoms. The predicted molar refractivity (Wildman–Crippen MR) is 75.6 cm³/mol. The standard InChI is InChI=1S/C13H11BrN2OS/c14-13-6-5-12(18-13)11(8-16)17-10-3-1-9(7-15)2-4-10/h1-6,11H,8,16H2. The van der Waals surface area contributed by atoms with Crippen LogP contribution in [-0.2, 0) is 0 Å². The Morgan fingerprint density at radius 2 is 2.00 bits per heavy atom. The first-order valence-electron chi connectivity index (χ1n) is 5.35. The number of rotatable bonds is 4. The molecule has 2 aromatic rings. The average Bonchev–Trinajstić information content (AvgIpc) is 2.83. The zero-order valence-electron chi connectivity index (χ0n) is 9.47. The van der Waals surface area contributed by atoms with E-state index >= 15 is 0 Å². The Balaban J connectivity index is 2.13. The van der Waals surface area contributed by atoms with Crippen molar-refractivity contribution in [1.82, 2.24) is 0 Å². The van der Waals surface area contributed by atoms with Crippen molar-refractivity contribution in [3.63, 3.8) is 0 Å². The van der Waals surface area contributed by atoms with Crippen LogP contribution in [-0.4, -0.2) is 6.54 Å². The monoisotopic (exact) mass is 322 g/mol. The summed E-state index contributed by atoms with van der Waals surface area (Å²) in [6.45, 7) is 0.410. The summed E-state index contributed by atoms with van der Waals surface area (Å²) in [6.07, 6.45) is -0.158. The van der Waals surface area contributed by atoms with Crippen LogP contribution in [0.1, 0.15) is 16.5 Å². The van der Waals surface area contributed by atoms with Crippen molar-refractivity contribution in [2.45, 2.75) is 6.10 Å². The number of ether oxygens (including phenoxy) is 1. The third-order valence-electron chi connectivity index (χ3n) is 2.39. The van der Waals surface area contributed by atoms with E-state index in [4.69, 9.17) is 15.7 Å². The molecule has 1 aromatic carbocycles. The predicted octanol–water partition coefficient (Wildman–Crippen LogP) is 3.46. The SMILES string of the molecule is N#Cc1ccc(OC(CN)c2ccc(Br)s2)cc1. The Hall–Kier alpha value is -1.35. The van der Waals surface area contributed by atoms with E-state index in [1.54, 1.807) is 35.6 Å². The fraction of sp³-hybridized carbons (Fsp3) is 0.154. The van der Waals surface area contributed by atoms with Crippen molar-refractivity contribution in [1.29, 1.82) is 5.26 Å². The molecule has 3 nitrogen and oxygen atoms in total. The smallest absolute Gasteiger partial charge is 0.145 e. The number of nitrogens with zero attached hydrogens (tertiary/aromatic N) is 1. The molecule has 2 rings (SSSR count). The number of thiophene rings is 1. The van der Waals surface area contributed by atoms with E-state index in [0.29, 0.717) is 17.9 Å². The topological polar surface area (TPSA) is 59.0 Å². The Morgan fingerprint density at radius 1 is 1.28 bits per heavy atom. The highest BCUT2D eigenvalue weighted by atomic mass is 79.9.